The Hall–Kier alpha value is -3.18. The van der Waals surface area contributed by atoms with Crippen LogP contribution in [0.4, 0.5) is 5.95 Å². The van der Waals surface area contributed by atoms with E-state index in [2.05, 4.69) is 22.1 Å². The SMILES string of the molecule is C=CCNC(=O)[C@@H](C#N)c1nnc(N2CCOCC2)n1-c1ccccc1. The van der Waals surface area contributed by atoms with Gasteiger partial charge in [0.05, 0.1) is 25.0 Å². The number of anilines is 1. The first-order chi connectivity index (χ1) is 12.8. The summed E-state index contributed by atoms with van der Waals surface area (Å²) in [6.45, 7) is 6.39. The Morgan fingerprint density at radius 2 is 2.08 bits per heavy atom. The summed E-state index contributed by atoms with van der Waals surface area (Å²) < 4.78 is 7.17. The summed E-state index contributed by atoms with van der Waals surface area (Å²) in [5.74, 6) is -0.601. The molecule has 3 rings (SSSR count). The fraction of sp³-hybridized carbons (Fsp3) is 0.333. The number of carbonyl (C=O) groups excluding carboxylic acids is 1. The lowest BCUT2D eigenvalue weighted by atomic mass is 10.1. The summed E-state index contributed by atoms with van der Waals surface area (Å²) in [6.07, 6.45) is 1.56. The van der Waals surface area contributed by atoms with Gasteiger partial charge in [0.2, 0.25) is 11.9 Å². The van der Waals surface area contributed by atoms with Gasteiger partial charge in [0.15, 0.2) is 11.7 Å². The van der Waals surface area contributed by atoms with Gasteiger partial charge in [-0.1, -0.05) is 24.3 Å². The van der Waals surface area contributed by atoms with Crippen molar-refractivity contribution in [2.24, 2.45) is 0 Å². The van der Waals surface area contributed by atoms with E-state index in [1.807, 2.05) is 41.3 Å². The molecule has 26 heavy (non-hydrogen) atoms. The Bertz CT molecular complexity index is 805. The Labute approximate surface area is 151 Å². The molecule has 1 aromatic heterocycles. The molecule has 0 bridgehead atoms. The van der Waals surface area contributed by atoms with Gasteiger partial charge in [0.1, 0.15) is 0 Å². The zero-order valence-electron chi connectivity index (χ0n) is 14.3. The van der Waals surface area contributed by atoms with E-state index in [-0.39, 0.29) is 6.54 Å². The maximum Gasteiger partial charge on any atom is 0.245 e. The number of hydrogen-bond acceptors (Lipinski definition) is 6. The number of para-hydroxylation sites is 1. The molecular formula is C18H20N6O2. The molecule has 134 valence electrons. The third-order valence-electron chi connectivity index (χ3n) is 4.05. The van der Waals surface area contributed by atoms with E-state index < -0.39 is 11.8 Å². The van der Waals surface area contributed by atoms with Gasteiger partial charge in [-0.25, -0.2) is 0 Å². The van der Waals surface area contributed by atoms with Crippen LogP contribution in [-0.2, 0) is 9.53 Å². The van der Waals surface area contributed by atoms with Gasteiger partial charge in [-0.2, -0.15) is 5.26 Å². The van der Waals surface area contributed by atoms with Crippen molar-refractivity contribution in [1.29, 1.82) is 5.26 Å². The van der Waals surface area contributed by atoms with Crippen LogP contribution in [0.15, 0.2) is 43.0 Å². The van der Waals surface area contributed by atoms with E-state index in [4.69, 9.17) is 4.74 Å². The maximum absolute atomic E-state index is 12.4. The highest BCUT2D eigenvalue weighted by molar-refractivity contribution is 5.86. The number of morpholine rings is 1. The fourth-order valence-corrected chi connectivity index (χ4v) is 2.78. The number of benzene rings is 1. The van der Waals surface area contributed by atoms with Crippen LogP contribution >= 0.6 is 0 Å². The lowest BCUT2D eigenvalue weighted by Crippen LogP contribution is -2.38. The Balaban J connectivity index is 2.04. The van der Waals surface area contributed by atoms with Crippen molar-refractivity contribution in [3.63, 3.8) is 0 Å². The molecule has 1 aromatic carbocycles. The first-order valence-electron chi connectivity index (χ1n) is 8.38. The molecule has 0 unspecified atom stereocenters. The van der Waals surface area contributed by atoms with Crippen molar-refractivity contribution in [1.82, 2.24) is 20.1 Å². The number of nitrogens with zero attached hydrogens (tertiary/aromatic N) is 5. The van der Waals surface area contributed by atoms with Crippen LogP contribution in [0.1, 0.15) is 11.7 Å². The Kier molecular flexibility index (Phi) is 5.61. The minimum Gasteiger partial charge on any atom is -0.378 e. The first kappa shape index (κ1) is 17.6. The number of aromatic nitrogens is 3. The molecular weight excluding hydrogens is 332 g/mol. The van der Waals surface area contributed by atoms with Gasteiger partial charge in [0, 0.05) is 19.6 Å². The second kappa shape index (κ2) is 8.27. The van der Waals surface area contributed by atoms with E-state index in [1.165, 1.54) is 0 Å². The first-order valence-corrected chi connectivity index (χ1v) is 8.38. The number of nitriles is 1. The molecule has 1 fully saturated rings. The lowest BCUT2D eigenvalue weighted by Gasteiger charge is -2.28. The van der Waals surface area contributed by atoms with E-state index in [1.54, 1.807) is 10.6 Å². The van der Waals surface area contributed by atoms with Crippen molar-refractivity contribution in [2.45, 2.75) is 5.92 Å². The summed E-state index contributed by atoms with van der Waals surface area (Å²) in [7, 11) is 0. The number of ether oxygens (including phenoxy) is 1. The van der Waals surface area contributed by atoms with Crippen LogP contribution in [0.2, 0.25) is 0 Å². The highest BCUT2D eigenvalue weighted by atomic mass is 16.5. The predicted octanol–water partition coefficient (Wildman–Crippen LogP) is 1.01. The third-order valence-corrected chi connectivity index (χ3v) is 4.05. The molecule has 1 saturated heterocycles. The second-order valence-electron chi connectivity index (χ2n) is 5.72. The lowest BCUT2D eigenvalue weighted by molar-refractivity contribution is -0.121. The molecule has 0 aliphatic carbocycles. The number of amides is 1. The number of rotatable bonds is 6. The molecule has 8 heteroatoms. The summed E-state index contributed by atoms with van der Waals surface area (Å²) in [5, 5.41) is 20.7. The van der Waals surface area contributed by atoms with Crippen LogP contribution in [0, 0.1) is 11.3 Å². The topological polar surface area (TPSA) is 96.1 Å². The molecule has 0 saturated carbocycles. The van der Waals surface area contributed by atoms with Crippen molar-refractivity contribution < 1.29 is 9.53 Å². The minimum absolute atomic E-state index is 0.285. The average Bonchev–Trinajstić information content (AvgIpc) is 3.13. The normalized spacial score (nSPS) is 15.1. The van der Waals surface area contributed by atoms with Crippen LogP contribution in [-0.4, -0.2) is 53.5 Å². The highest BCUT2D eigenvalue weighted by Gasteiger charge is 2.30. The molecule has 1 aliphatic rings. The summed E-state index contributed by atoms with van der Waals surface area (Å²) in [6, 6.07) is 11.5. The zero-order valence-corrected chi connectivity index (χ0v) is 14.3. The maximum atomic E-state index is 12.4. The van der Waals surface area contributed by atoms with Crippen LogP contribution in [0.25, 0.3) is 5.69 Å². The van der Waals surface area contributed by atoms with E-state index in [0.29, 0.717) is 38.1 Å². The van der Waals surface area contributed by atoms with Gasteiger partial charge >= 0.3 is 0 Å². The van der Waals surface area contributed by atoms with Gasteiger partial charge in [-0.3, -0.25) is 9.36 Å². The second-order valence-corrected chi connectivity index (χ2v) is 5.72. The molecule has 1 amide bonds. The highest BCUT2D eigenvalue weighted by Crippen LogP contribution is 2.25. The quantitative estimate of drug-likeness (QED) is 0.780. The van der Waals surface area contributed by atoms with Gasteiger partial charge < -0.3 is 15.0 Å². The van der Waals surface area contributed by atoms with Crippen LogP contribution < -0.4 is 10.2 Å². The smallest absolute Gasteiger partial charge is 0.245 e. The van der Waals surface area contributed by atoms with Crippen LogP contribution in [0.3, 0.4) is 0 Å². The molecule has 8 nitrogen and oxygen atoms in total. The number of carbonyl (C=O) groups is 1. The number of hydrogen-bond donors (Lipinski definition) is 1. The molecule has 2 heterocycles. The average molecular weight is 352 g/mol. The van der Waals surface area contributed by atoms with Crippen molar-refractivity contribution in [2.75, 3.05) is 37.7 Å². The zero-order chi connectivity index (χ0) is 18.4. The van der Waals surface area contributed by atoms with E-state index >= 15 is 0 Å². The number of nitrogens with one attached hydrogen (secondary N) is 1. The predicted molar refractivity (Wildman–Crippen MR) is 96.0 cm³/mol. The molecule has 1 aliphatic heterocycles. The summed E-state index contributed by atoms with van der Waals surface area (Å²) in [5.41, 5.74) is 0.797. The Morgan fingerprint density at radius 1 is 1.35 bits per heavy atom. The molecule has 0 radical (unpaired) electrons. The van der Waals surface area contributed by atoms with E-state index in [9.17, 15) is 10.1 Å². The standard InChI is InChI=1S/C18H20N6O2/c1-2-8-20-17(25)15(13-19)16-21-22-18(23-9-11-26-12-10-23)24(16)14-6-4-3-5-7-14/h2-7,15H,1,8-12H2,(H,20,25)/t15-/m0/s1. The van der Waals surface area contributed by atoms with Gasteiger partial charge in [-0.05, 0) is 12.1 Å². The monoisotopic (exact) mass is 352 g/mol. The molecule has 2 aromatic rings. The van der Waals surface area contributed by atoms with Crippen molar-refractivity contribution in [3.8, 4) is 11.8 Å². The van der Waals surface area contributed by atoms with Crippen LogP contribution in [0.5, 0.6) is 0 Å². The fourth-order valence-electron chi connectivity index (χ4n) is 2.78. The van der Waals surface area contributed by atoms with Gasteiger partial charge in [0.25, 0.3) is 0 Å². The van der Waals surface area contributed by atoms with Crippen molar-refractivity contribution >= 4 is 11.9 Å². The molecule has 1 atom stereocenters. The summed E-state index contributed by atoms with van der Waals surface area (Å²) in [4.78, 5) is 14.5. The van der Waals surface area contributed by atoms with Crippen molar-refractivity contribution in [3.05, 3.63) is 48.8 Å². The molecule has 1 N–H and O–H groups in total. The minimum atomic E-state index is -1.07. The van der Waals surface area contributed by atoms with E-state index in [0.717, 1.165) is 5.69 Å². The van der Waals surface area contributed by atoms with Gasteiger partial charge in [-0.15, -0.1) is 16.8 Å². The Morgan fingerprint density at radius 3 is 2.73 bits per heavy atom. The summed E-state index contributed by atoms with van der Waals surface area (Å²) >= 11 is 0. The molecule has 0 spiro atoms. The largest absolute Gasteiger partial charge is 0.378 e. The third kappa shape index (κ3) is 3.58.